The molecule has 0 bridgehead atoms. The Kier molecular flexibility index (Phi) is 8.47. The van der Waals surface area contributed by atoms with Crippen LogP contribution in [0.5, 0.6) is 0 Å². The molecule has 0 aromatic heterocycles. The van der Waals surface area contributed by atoms with Crippen LogP contribution in [0, 0.1) is 5.41 Å². The SMILES string of the molecule is CCC(C)(C)C(=O)OCOC(=O)N(CC(=O)OCc1ccccc1)C(C)(C)C. The molecule has 0 heterocycles. The lowest BCUT2D eigenvalue weighted by molar-refractivity contribution is -0.164. The average Bonchev–Trinajstić information content (AvgIpc) is 2.64. The molecular weight excluding hydrogens is 362 g/mol. The van der Waals surface area contributed by atoms with Gasteiger partial charge in [0.05, 0.1) is 5.41 Å². The number of hydrogen-bond donors (Lipinski definition) is 0. The zero-order valence-corrected chi connectivity index (χ0v) is 17.6. The highest BCUT2D eigenvalue weighted by molar-refractivity contribution is 5.79. The third-order valence-corrected chi connectivity index (χ3v) is 4.37. The summed E-state index contributed by atoms with van der Waals surface area (Å²) in [5.74, 6) is -1.01. The number of esters is 2. The van der Waals surface area contributed by atoms with E-state index in [1.165, 1.54) is 4.90 Å². The van der Waals surface area contributed by atoms with E-state index in [9.17, 15) is 14.4 Å². The van der Waals surface area contributed by atoms with E-state index in [2.05, 4.69) is 0 Å². The van der Waals surface area contributed by atoms with Gasteiger partial charge in [0.15, 0.2) is 0 Å². The molecule has 0 N–H and O–H groups in total. The summed E-state index contributed by atoms with van der Waals surface area (Å²) in [5.41, 5.74) is -0.487. The van der Waals surface area contributed by atoms with Gasteiger partial charge in [-0.05, 0) is 46.6 Å². The van der Waals surface area contributed by atoms with Crippen molar-refractivity contribution < 1.29 is 28.6 Å². The predicted octanol–water partition coefficient (Wildman–Crippen LogP) is 3.90. The lowest BCUT2D eigenvalue weighted by Gasteiger charge is -2.33. The fraction of sp³-hybridized carbons (Fsp3) is 0.571. The minimum absolute atomic E-state index is 0.121. The molecule has 0 spiro atoms. The summed E-state index contributed by atoms with van der Waals surface area (Å²) in [6.45, 7) is 10.0. The molecule has 0 aliphatic rings. The van der Waals surface area contributed by atoms with Crippen molar-refractivity contribution in [2.75, 3.05) is 13.3 Å². The van der Waals surface area contributed by atoms with Gasteiger partial charge in [0.1, 0.15) is 13.2 Å². The van der Waals surface area contributed by atoms with E-state index in [4.69, 9.17) is 14.2 Å². The number of hydrogen-bond acceptors (Lipinski definition) is 6. The van der Waals surface area contributed by atoms with Crippen molar-refractivity contribution in [3.63, 3.8) is 0 Å². The van der Waals surface area contributed by atoms with Crippen molar-refractivity contribution in [1.82, 2.24) is 4.90 Å². The normalized spacial score (nSPS) is 11.5. The number of carbonyl (C=O) groups is 3. The molecule has 0 unspecified atom stereocenters. The molecule has 0 saturated carbocycles. The Morgan fingerprint density at radius 2 is 1.54 bits per heavy atom. The third-order valence-electron chi connectivity index (χ3n) is 4.37. The van der Waals surface area contributed by atoms with Gasteiger partial charge in [-0.3, -0.25) is 14.5 Å². The Morgan fingerprint density at radius 3 is 2.07 bits per heavy atom. The first kappa shape index (κ1) is 23.5. The zero-order chi connectivity index (χ0) is 21.4. The van der Waals surface area contributed by atoms with Crippen molar-refractivity contribution in [1.29, 1.82) is 0 Å². The minimum atomic E-state index is -0.758. The average molecular weight is 393 g/mol. The largest absolute Gasteiger partial charge is 0.459 e. The van der Waals surface area contributed by atoms with E-state index in [0.29, 0.717) is 6.42 Å². The van der Waals surface area contributed by atoms with Gasteiger partial charge in [-0.2, -0.15) is 0 Å². The van der Waals surface area contributed by atoms with Crippen LogP contribution in [-0.2, 0) is 30.4 Å². The van der Waals surface area contributed by atoms with E-state index >= 15 is 0 Å². The molecule has 1 rings (SSSR count). The van der Waals surface area contributed by atoms with Crippen LogP contribution in [-0.4, -0.2) is 41.8 Å². The fourth-order valence-corrected chi connectivity index (χ4v) is 2.04. The van der Waals surface area contributed by atoms with Gasteiger partial charge in [0.2, 0.25) is 6.79 Å². The minimum Gasteiger partial charge on any atom is -0.459 e. The lowest BCUT2D eigenvalue weighted by atomic mass is 9.91. The Morgan fingerprint density at radius 1 is 0.929 bits per heavy atom. The first-order chi connectivity index (χ1) is 13.0. The van der Waals surface area contributed by atoms with Crippen LogP contribution >= 0.6 is 0 Å². The first-order valence-corrected chi connectivity index (χ1v) is 9.28. The number of benzene rings is 1. The van der Waals surface area contributed by atoms with Crippen LogP contribution in [0.3, 0.4) is 0 Å². The van der Waals surface area contributed by atoms with Crippen molar-refractivity contribution in [2.24, 2.45) is 5.41 Å². The number of carbonyl (C=O) groups excluding carboxylic acids is 3. The number of rotatable bonds is 8. The topological polar surface area (TPSA) is 82.1 Å². The van der Waals surface area contributed by atoms with Crippen molar-refractivity contribution in [2.45, 2.75) is 60.1 Å². The maximum Gasteiger partial charge on any atom is 0.413 e. The highest BCUT2D eigenvalue weighted by atomic mass is 16.7. The summed E-state index contributed by atoms with van der Waals surface area (Å²) in [6, 6.07) is 9.26. The third kappa shape index (κ3) is 7.58. The van der Waals surface area contributed by atoms with E-state index in [-0.39, 0.29) is 13.2 Å². The van der Waals surface area contributed by atoms with Crippen LogP contribution in [0.2, 0.25) is 0 Å². The summed E-state index contributed by atoms with van der Waals surface area (Å²) >= 11 is 0. The molecule has 0 radical (unpaired) electrons. The molecule has 0 aliphatic heterocycles. The smallest absolute Gasteiger partial charge is 0.413 e. The number of ether oxygens (including phenoxy) is 3. The van der Waals surface area contributed by atoms with Gasteiger partial charge in [0.25, 0.3) is 0 Å². The predicted molar refractivity (Wildman–Crippen MR) is 104 cm³/mol. The maximum atomic E-state index is 12.4. The van der Waals surface area contributed by atoms with Gasteiger partial charge in [-0.1, -0.05) is 37.3 Å². The standard InChI is InChI=1S/C21H31NO6/c1-7-21(5,6)18(24)27-15-28-19(25)22(20(2,3)4)13-17(23)26-14-16-11-9-8-10-12-16/h8-12H,7,13-15H2,1-6H3. The quantitative estimate of drug-likeness (QED) is 0.492. The molecule has 28 heavy (non-hydrogen) atoms. The Labute approximate surface area is 166 Å². The number of nitrogens with zero attached hydrogens (tertiary/aromatic N) is 1. The molecule has 7 nitrogen and oxygen atoms in total. The molecule has 0 saturated heterocycles. The summed E-state index contributed by atoms with van der Waals surface area (Å²) in [7, 11) is 0. The summed E-state index contributed by atoms with van der Waals surface area (Å²) in [4.78, 5) is 37.8. The molecular formula is C21H31NO6. The summed E-state index contributed by atoms with van der Waals surface area (Å²) < 4.78 is 15.3. The number of amides is 1. The van der Waals surface area contributed by atoms with Crippen LogP contribution in [0.15, 0.2) is 30.3 Å². The highest BCUT2D eigenvalue weighted by Gasteiger charge is 2.31. The van der Waals surface area contributed by atoms with E-state index in [1.807, 2.05) is 37.3 Å². The van der Waals surface area contributed by atoms with Gasteiger partial charge in [-0.15, -0.1) is 0 Å². The fourth-order valence-electron chi connectivity index (χ4n) is 2.04. The second-order valence-electron chi connectivity index (χ2n) is 8.10. The maximum absolute atomic E-state index is 12.4. The molecule has 7 heteroatoms. The summed E-state index contributed by atoms with van der Waals surface area (Å²) in [5, 5.41) is 0. The lowest BCUT2D eigenvalue weighted by Crippen LogP contribution is -2.49. The Bertz CT molecular complexity index is 663. The van der Waals surface area contributed by atoms with Gasteiger partial charge in [0, 0.05) is 5.54 Å². The van der Waals surface area contributed by atoms with Crippen molar-refractivity contribution in [3.05, 3.63) is 35.9 Å². The molecule has 156 valence electrons. The van der Waals surface area contributed by atoms with Crippen molar-refractivity contribution >= 4 is 18.0 Å². The van der Waals surface area contributed by atoms with Crippen LogP contribution in [0.4, 0.5) is 4.79 Å². The second kappa shape index (κ2) is 10.1. The molecule has 0 aliphatic carbocycles. The van der Waals surface area contributed by atoms with E-state index < -0.39 is 35.8 Å². The van der Waals surface area contributed by atoms with E-state index in [0.717, 1.165) is 5.56 Å². The monoisotopic (exact) mass is 393 g/mol. The summed E-state index contributed by atoms with van der Waals surface area (Å²) in [6.07, 6.45) is -0.160. The van der Waals surface area contributed by atoms with Gasteiger partial charge < -0.3 is 14.2 Å². The van der Waals surface area contributed by atoms with E-state index in [1.54, 1.807) is 34.6 Å². The Hall–Kier alpha value is -2.57. The zero-order valence-electron chi connectivity index (χ0n) is 17.6. The second-order valence-corrected chi connectivity index (χ2v) is 8.10. The Balaban J connectivity index is 2.58. The molecule has 1 amide bonds. The van der Waals surface area contributed by atoms with Crippen LogP contribution in [0.1, 0.15) is 53.5 Å². The molecule has 1 aromatic carbocycles. The molecule has 0 atom stereocenters. The molecule has 0 fully saturated rings. The van der Waals surface area contributed by atoms with Crippen LogP contribution < -0.4 is 0 Å². The highest BCUT2D eigenvalue weighted by Crippen LogP contribution is 2.21. The van der Waals surface area contributed by atoms with Crippen molar-refractivity contribution in [3.8, 4) is 0 Å². The molecule has 1 aromatic rings. The first-order valence-electron chi connectivity index (χ1n) is 9.28. The van der Waals surface area contributed by atoms with Crippen LogP contribution in [0.25, 0.3) is 0 Å². The van der Waals surface area contributed by atoms with Gasteiger partial charge >= 0.3 is 18.0 Å². The van der Waals surface area contributed by atoms with Gasteiger partial charge in [-0.25, -0.2) is 4.79 Å².